The summed E-state index contributed by atoms with van der Waals surface area (Å²) >= 11 is 0. The van der Waals surface area contributed by atoms with Gasteiger partial charge in [0.15, 0.2) is 17.3 Å². The van der Waals surface area contributed by atoms with Crippen molar-refractivity contribution < 1.29 is 18.9 Å². The lowest BCUT2D eigenvalue weighted by atomic mass is 10.1. The van der Waals surface area contributed by atoms with E-state index in [-0.39, 0.29) is 6.10 Å². The van der Waals surface area contributed by atoms with Crippen molar-refractivity contribution in [1.82, 2.24) is 10.2 Å². The molecule has 1 unspecified atom stereocenters. The van der Waals surface area contributed by atoms with Crippen LogP contribution < -0.4 is 19.1 Å². The Morgan fingerprint density at radius 1 is 1.00 bits per heavy atom. The molecule has 0 N–H and O–H groups in total. The number of benzene rings is 2. The minimum absolute atomic E-state index is 0.137. The molecule has 0 aliphatic carbocycles. The van der Waals surface area contributed by atoms with Crippen LogP contribution in [0.2, 0.25) is 0 Å². The Morgan fingerprint density at radius 3 is 2.53 bits per heavy atom. The summed E-state index contributed by atoms with van der Waals surface area (Å²) in [6.07, 6.45) is 3.90. The smallest absolute Gasteiger partial charge is 0.204 e. The Hall–Kier alpha value is -3.06. The Morgan fingerprint density at radius 2 is 1.80 bits per heavy atom. The van der Waals surface area contributed by atoms with Gasteiger partial charge in [-0.2, -0.15) is 5.10 Å². The molecule has 1 aromatic heterocycles. The molecule has 0 radical (unpaired) electrons. The first-order valence-electron chi connectivity index (χ1n) is 10.1. The summed E-state index contributed by atoms with van der Waals surface area (Å²) in [6.45, 7) is 2.27. The van der Waals surface area contributed by atoms with Crippen molar-refractivity contribution in [1.29, 1.82) is 0 Å². The van der Waals surface area contributed by atoms with Crippen molar-refractivity contribution in [3.8, 4) is 17.2 Å². The van der Waals surface area contributed by atoms with E-state index < -0.39 is 0 Å². The number of hydrogen-bond acceptors (Lipinski definition) is 7. The van der Waals surface area contributed by atoms with Gasteiger partial charge in [0.1, 0.15) is 0 Å². The average Bonchev–Trinajstić information content (AvgIpc) is 2.81. The van der Waals surface area contributed by atoms with Gasteiger partial charge >= 0.3 is 0 Å². The molecular formula is C23H27N3O4. The predicted molar refractivity (Wildman–Crippen MR) is 116 cm³/mol. The molecule has 7 heteroatoms. The molecule has 1 atom stereocenters. The van der Waals surface area contributed by atoms with E-state index in [9.17, 15) is 0 Å². The van der Waals surface area contributed by atoms with E-state index >= 15 is 0 Å². The second kappa shape index (κ2) is 9.17. The molecule has 2 heterocycles. The topological polar surface area (TPSA) is 65.9 Å². The van der Waals surface area contributed by atoms with E-state index in [1.807, 2.05) is 24.3 Å². The summed E-state index contributed by atoms with van der Waals surface area (Å²) in [5.74, 6) is 2.55. The molecule has 0 saturated carbocycles. The Bertz CT molecular complexity index is 997. The molecule has 1 fully saturated rings. The summed E-state index contributed by atoms with van der Waals surface area (Å²) < 4.78 is 22.9. The van der Waals surface area contributed by atoms with Crippen LogP contribution in [0.15, 0.2) is 42.6 Å². The number of hydrogen-bond donors (Lipinski definition) is 0. The highest BCUT2D eigenvalue weighted by Crippen LogP contribution is 2.45. The average molecular weight is 409 g/mol. The predicted octanol–water partition coefficient (Wildman–Crippen LogP) is 3.84. The zero-order chi connectivity index (χ0) is 20.9. The molecule has 2 aromatic carbocycles. The summed E-state index contributed by atoms with van der Waals surface area (Å²) in [5.41, 5.74) is 1.18. The maximum atomic E-state index is 6.20. The standard InChI is InChI=1S/C23H27N3O4/c1-27-20-12-18-19(21(28-2)22(20)29-3)13-24-25-23(18)26-11-7-10-17(14-26)30-15-16-8-5-4-6-9-16/h4-6,8-9,12-13,17H,7,10-11,14-15H2,1-3H3. The van der Waals surface area contributed by atoms with Crippen molar-refractivity contribution in [2.24, 2.45) is 0 Å². The van der Waals surface area contributed by atoms with Crippen LogP contribution in [0.4, 0.5) is 5.82 Å². The van der Waals surface area contributed by atoms with Crippen LogP contribution in [0.3, 0.4) is 0 Å². The molecule has 158 valence electrons. The molecule has 1 aliphatic heterocycles. The molecule has 0 amide bonds. The van der Waals surface area contributed by atoms with Crippen LogP contribution in [0.25, 0.3) is 10.8 Å². The molecule has 3 aromatic rings. The fourth-order valence-corrected chi connectivity index (χ4v) is 3.98. The molecule has 0 bridgehead atoms. The summed E-state index contributed by atoms with van der Waals surface area (Å²) in [5, 5.41) is 10.5. The number of ether oxygens (including phenoxy) is 4. The van der Waals surface area contributed by atoms with Gasteiger partial charge in [-0.1, -0.05) is 30.3 Å². The van der Waals surface area contributed by atoms with Gasteiger partial charge in [-0.3, -0.25) is 0 Å². The minimum Gasteiger partial charge on any atom is -0.493 e. The summed E-state index contributed by atoms with van der Waals surface area (Å²) in [6, 6.07) is 12.2. The molecule has 4 rings (SSSR count). The van der Waals surface area contributed by atoms with Crippen LogP contribution in [-0.4, -0.2) is 50.7 Å². The summed E-state index contributed by atoms with van der Waals surface area (Å²) in [7, 11) is 4.83. The normalized spacial score (nSPS) is 16.5. The quantitative estimate of drug-likeness (QED) is 0.587. The number of methoxy groups -OCH3 is 3. The summed E-state index contributed by atoms with van der Waals surface area (Å²) in [4.78, 5) is 2.24. The Labute approximate surface area is 176 Å². The number of rotatable bonds is 7. The Balaban J connectivity index is 1.62. The zero-order valence-corrected chi connectivity index (χ0v) is 17.6. The van der Waals surface area contributed by atoms with E-state index in [0.717, 1.165) is 42.5 Å². The number of nitrogens with zero attached hydrogens (tertiary/aromatic N) is 3. The van der Waals surface area contributed by atoms with Crippen molar-refractivity contribution in [2.45, 2.75) is 25.6 Å². The fourth-order valence-electron chi connectivity index (χ4n) is 3.98. The molecular weight excluding hydrogens is 382 g/mol. The van der Waals surface area contributed by atoms with Gasteiger partial charge in [0.25, 0.3) is 0 Å². The van der Waals surface area contributed by atoms with Crippen molar-refractivity contribution in [2.75, 3.05) is 39.3 Å². The number of fused-ring (bicyclic) bond motifs is 1. The van der Waals surface area contributed by atoms with E-state index in [2.05, 4.69) is 27.2 Å². The zero-order valence-electron chi connectivity index (χ0n) is 17.6. The lowest BCUT2D eigenvalue weighted by Gasteiger charge is -2.34. The SMILES string of the molecule is COc1cc2c(N3CCCC(OCc4ccccc4)C3)nncc2c(OC)c1OC. The first-order chi connectivity index (χ1) is 14.7. The van der Waals surface area contributed by atoms with Crippen molar-refractivity contribution >= 4 is 16.6 Å². The van der Waals surface area contributed by atoms with E-state index in [1.54, 1.807) is 27.5 Å². The number of anilines is 1. The lowest BCUT2D eigenvalue weighted by Crippen LogP contribution is -2.40. The van der Waals surface area contributed by atoms with Crippen LogP contribution in [0.5, 0.6) is 17.2 Å². The first kappa shape index (κ1) is 20.2. The second-order valence-electron chi connectivity index (χ2n) is 7.28. The molecule has 7 nitrogen and oxygen atoms in total. The van der Waals surface area contributed by atoms with Gasteiger partial charge < -0.3 is 23.8 Å². The highest BCUT2D eigenvalue weighted by atomic mass is 16.5. The molecule has 1 aliphatic rings. The third kappa shape index (κ3) is 3.98. The third-order valence-electron chi connectivity index (χ3n) is 5.45. The van der Waals surface area contributed by atoms with Crippen LogP contribution in [-0.2, 0) is 11.3 Å². The number of piperidine rings is 1. The molecule has 0 spiro atoms. The monoisotopic (exact) mass is 409 g/mol. The van der Waals surface area contributed by atoms with Crippen molar-refractivity contribution in [3.05, 3.63) is 48.2 Å². The van der Waals surface area contributed by atoms with Gasteiger partial charge in [-0.05, 0) is 24.5 Å². The van der Waals surface area contributed by atoms with Gasteiger partial charge in [0.05, 0.1) is 45.6 Å². The first-order valence-corrected chi connectivity index (χ1v) is 10.1. The van der Waals surface area contributed by atoms with Gasteiger partial charge in [0, 0.05) is 18.5 Å². The van der Waals surface area contributed by atoms with Gasteiger partial charge in [-0.25, -0.2) is 0 Å². The lowest BCUT2D eigenvalue weighted by molar-refractivity contribution is 0.0314. The molecule has 1 saturated heterocycles. The highest BCUT2D eigenvalue weighted by Gasteiger charge is 2.25. The highest BCUT2D eigenvalue weighted by molar-refractivity contribution is 5.99. The maximum absolute atomic E-state index is 6.20. The van der Waals surface area contributed by atoms with Crippen LogP contribution in [0.1, 0.15) is 18.4 Å². The van der Waals surface area contributed by atoms with Gasteiger partial charge in [-0.15, -0.1) is 5.10 Å². The Kier molecular flexibility index (Phi) is 6.18. The van der Waals surface area contributed by atoms with Crippen LogP contribution in [0, 0.1) is 0 Å². The minimum atomic E-state index is 0.137. The number of aromatic nitrogens is 2. The maximum Gasteiger partial charge on any atom is 0.204 e. The van der Waals surface area contributed by atoms with Crippen molar-refractivity contribution in [3.63, 3.8) is 0 Å². The van der Waals surface area contributed by atoms with E-state index in [0.29, 0.717) is 23.9 Å². The van der Waals surface area contributed by atoms with E-state index in [4.69, 9.17) is 18.9 Å². The van der Waals surface area contributed by atoms with E-state index in [1.165, 1.54) is 5.56 Å². The van der Waals surface area contributed by atoms with Crippen LogP contribution >= 0.6 is 0 Å². The fraction of sp³-hybridized carbons (Fsp3) is 0.391. The second-order valence-corrected chi connectivity index (χ2v) is 7.28. The largest absolute Gasteiger partial charge is 0.493 e. The molecule has 30 heavy (non-hydrogen) atoms. The third-order valence-corrected chi connectivity index (χ3v) is 5.45. The van der Waals surface area contributed by atoms with Gasteiger partial charge in [0.2, 0.25) is 5.75 Å².